The molecule has 2 saturated heterocycles. The summed E-state index contributed by atoms with van der Waals surface area (Å²) >= 11 is 0. The van der Waals surface area contributed by atoms with E-state index in [9.17, 15) is 29.4 Å². The number of carboxylic acids is 1. The van der Waals surface area contributed by atoms with Gasteiger partial charge in [0.1, 0.15) is 41.9 Å². The van der Waals surface area contributed by atoms with E-state index in [0.717, 1.165) is 36.2 Å². The summed E-state index contributed by atoms with van der Waals surface area (Å²) in [5, 5.41) is 23.8. The first kappa shape index (κ1) is 42.9. The SMILES string of the molecule is COC(=O)C(NC(=O)N1C(=O)C2(c3cc(C#CC4=CCCCC4)ccc31)C(C(=O)O)C1C(=O)OC(c3ccccc3)C(c3ccccc3)N1C2c1ccc(OCCO)cc1)C(C)C. The molecule has 0 aromatic heterocycles. The summed E-state index contributed by atoms with van der Waals surface area (Å²) in [7, 11) is 1.20. The Morgan fingerprint density at radius 1 is 0.889 bits per heavy atom. The number of hydrogen-bond acceptors (Lipinski definition) is 10. The summed E-state index contributed by atoms with van der Waals surface area (Å²) in [6.45, 7) is 3.22. The summed E-state index contributed by atoms with van der Waals surface area (Å²) in [6.07, 6.45) is 4.94. The number of amides is 3. The number of hydrogen-bond donors (Lipinski definition) is 3. The van der Waals surface area contributed by atoms with Crippen LogP contribution in [0.25, 0.3) is 0 Å². The number of anilines is 1. The highest BCUT2D eigenvalue weighted by Gasteiger charge is 2.76. The number of carbonyl (C=O) groups excluding carboxylic acids is 4. The van der Waals surface area contributed by atoms with Crippen LogP contribution in [0.5, 0.6) is 5.75 Å². The number of morpholine rings is 1. The number of aliphatic carboxylic acids is 1. The number of fused-ring (bicyclic) bond motifs is 3. The molecule has 3 heterocycles. The van der Waals surface area contributed by atoms with E-state index >= 15 is 4.79 Å². The molecule has 7 unspecified atom stereocenters. The van der Waals surface area contributed by atoms with Gasteiger partial charge in [-0.2, -0.15) is 0 Å². The lowest BCUT2D eigenvalue weighted by molar-refractivity contribution is -0.179. The molecule has 13 heteroatoms. The zero-order valence-electron chi connectivity index (χ0n) is 35.2. The minimum Gasteiger partial charge on any atom is -0.491 e. The molecule has 4 aliphatic rings. The third kappa shape index (κ3) is 7.63. The van der Waals surface area contributed by atoms with Gasteiger partial charge in [-0.1, -0.05) is 105 Å². The Labute approximate surface area is 365 Å². The van der Waals surface area contributed by atoms with Crippen molar-refractivity contribution in [2.24, 2.45) is 11.8 Å². The molecule has 7 atom stereocenters. The zero-order chi connectivity index (χ0) is 44.4. The van der Waals surface area contributed by atoms with Crippen molar-refractivity contribution in [1.82, 2.24) is 10.2 Å². The van der Waals surface area contributed by atoms with E-state index in [1.54, 1.807) is 61.2 Å². The van der Waals surface area contributed by atoms with Crippen LogP contribution in [0.1, 0.15) is 85.5 Å². The number of allylic oxidation sites excluding steroid dienone is 2. The molecule has 4 aromatic rings. The second-order valence-corrected chi connectivity index (χ2v) is 16.5. The summed E-state index contributed by atoms with van der Waals surface area (Å²) in [4.78, 5) is 75.7. The van der Waals surface area contributed by atoms with Crippen molar-refractivity contribution in [3.8, 4) is 17.6 Å². The molecule has 3 aliphatic heterocycles. The third-order valence-corrected chi connectivity index (χ3v) is 12.5. The van der Waals surface area contributed by atoms with E-state index in [-0.39, 0.29) is 24.5 Å². The third-order valence-electron chi connectivity index (χ3n) is 12.5. The number of aliphatic hydroxyl groups excluding tert-OH is 1. The number of methoxy groups -OCH3 is 1. The molecule has 13 nitrogen and oxygen atoms in total. The van der Waals surface area contributed by atoms with E-state index in [1.807, 2.05) is 60.7 Å². The Morgan fingerprint density at radius 3 is 2.21 bits per heavy atom. The number of aliphatic hydroxyl groups is 1. The fourth-order valence-electron chi connectivity index (χ4n) is 9.80. The van der Waals surface area contributed by atoms with Gasteiger partial charge in [-0.05, 0) is 89.8 Å². The largest absolute Gasteiger partial charge is 0.491 e. The topological polar surface area (TPSA) is 172 Å². The van der Waals surface area contributed by atoms with Gasteiger partial charge in [-0.3, -0.25) is 19.3 Å². The summed E-state index contributed by atoms with van der Waals surface area (Å²) in [5.41, 5.74) is 1.29. The lowest BCUT2D eigenvalue weighted by atomic mass is 9.65. The number of nitrogens with zero attached hydrogens (tertiary/aromatic N) is 2. The van der Waals surface area contributed by atoms with Gasteiger partial charge >= 0.3 is 23.9 Å². The van der Waals surface area contributed by atoms with E-state index in [4.69, 9.17) is 14.2 Å². The molecule has 1 aliphatic carbocycles. The van der Waals surface area contributed by atoms with Crippen LogP contribution < -0.4 is 15.0 Å². The number of carboxylic acid groups (broad SMARTS) is 1. The maximum Gasteiger partial charge on any atom is 0.329 e. The van der Waals surface area contributed by atoms with Gasteiger partial charge in [0.2, 0.25) is 5.91 Å². The van der Waals surface area contributed by atoms with Crippen LogP contribution in [0.2, 0.25) is 0 Å². The number of cyclic esters (lactones) is 1. The molecule has 63 heavy (non-hydrogen) atoms. The fourth-order valence-corrected chi connectivity index (χ4v) is 9.80. The van der Waals surface area contributed by atoms with Gasteiger partial charge in [0.05, 0.1) is 31.5 Å². The normalized spacial score (nSPS) is 24.4. The van der Waals surface area contributed by atoms with E-state index in [2.05, 4.69) is 23.2 Å². The highest BCUT2D eigenvalue weighted by molar-refractivity contribution is 6.24. The predicted octanol–water partition coefficient (Wildman–Crippen LogP) is 6.57. The molecule has 0 bridgehead atoms. The number of benzene rings is 4. The molecule has 3 N–H and O–H groups in total. The van der Waals surface area contributed by atoms with E-state index < -0.39 is 77.4 Å². The minimum absolute atomic E-state index is 0.0161. The fraction of sp³-hybridized carbons (Fsp3) is 0.340. The van der Waals surface area contributed by atoms with Crippen molar-refractivity contribution in [3.05, 3.63) is 143 Å². The number of esters is 2. The highest BCUT2D eigenvalue weighted by Crippen LogP contribution is 2.66. The Bertz CT molecular complexity index is 2500. The van der Waals surface area contributed by atoms with Crippen LogP contribution in [-0.2, 0) is 34.1 Å². The Hall–Kier alpha value is -6.75. The Balaban J connectivity index is 1.42. The predicted molar refractivity (Wildman–Crippen MR) is 231 cm³/mol. The van der Waals surface area contributed by atoms with Gasteiger partial charge in [0.15, 0.2) is 0 Å². The van der Waals surface area contributed by atoms with Gasteiger partial charge in [0.25, 0.3) is 0 Å². The molecule has 0 radical (unpaired) electrons. The number of ether oxygens (including phenoxy) is 3. The first-order valence-electron chi connectivity index (χ1n) is 21.2. The highest BCUT2D eigenvalue weighted by atomic mass is 16.6. The molecular formula is C50H49N3O10. The number of imide groups is 1. The zero-order valence-corrected chi connectivity index (χ0v) is 35.2. The van der Waals surface area contributed by atoms with E-state index in [0.29, 0.717) is 28.0 Å². The average Bonchev–Trinajstić information content (AvgIpc) is 3.76. The monoisotopic (exact) mass is 851 g/mol. The molecule has 0 saturated carbocycles. The van der Waals surface area contributed by atoms with Crippen molar-refractivity contribution in [1.29, 1.82) is 0 Å². The maximum absolute atomic E-state index is 16.1. The van der Waals surface area contributed by atoms with Crippen molar-refractivity contribution < 1.29 is 48.4 Å². The van der Waals surface area contributed by atoms with Gasteiger partial charge in [0, 0.05) is 5.56 Å². The summed E-state index contributed by atoms with van der Waals surface area (Å²) in [6, 6.07) is 24.3. The average molecular weight is 852 g/mol. The van der Waals surface area contributed by atoms with Crippen LogP contribution >= 0.6 is 0 Å². The smallest absolute Gasteiger partial charge is 0.329 e. The summed E-state index contributed by atoms with van der Waals surface area (Å²) in [5.74, 6) is 0.683. The Morgan fingerprint density at radius 2 is 1.59 bits per heavy atom. The maximum atomic E-state index is 16.1. The number of rotatable bonds is 10. The minimum atomic E-state index is -2.19. The Kier molecular flexibility index (Phi) is 12.2. The van der Waals surface area contributed by atoms with Crippen LogP contribution in [-0.4, -0.2) is 77.4 Å². The van der Waals surface area contributed by atoms with Crippen LogP contribution in [0.4, 0.5) is 10.5 Å². The lowest BCUT2D eigenvalue weighted by Crippen LogP contribution is -2.56. The van der Waals surface area contributed by atoms with Crippen molar-refractivity contribution >= 4 is 35.5 Å². The number of urea groups is 1. The van der Waals surface area contributed by atoms with Crippen LogP contribution in [0.3, 0.4) is 0 Å². The van der Waals surface area contributed by atoms with Gasteiger partial charge < -0.3 is 29.7 Å². The van der Waals surface area contributed by atoms with Crippen molar-refractivity contribution in [2.45, 2.75) is 75.2 Å². The second kappa shape index (κ2) is 17.9. The molecule has 2 fully saturated rings. The first-order chi connectivity index (χ1) is 30.5. The lowest BCUT2D eigenvalue weighted by Gasteiger charge is -2.46. The van der Waals surface area contributed by atoms with Crippen LogP contribution in [0, 0.1) is 23.7 Å². The summed E-state index contributed by atoms with van der Waals surface area (Å²) < 4.78 is 17.1. The first-order valence-corrected chi connectivity index (χ1v) is 21.2. The van der Waals surface area contributed by atoms with Gasteiger partial charge in [-0.25, -0.2) is 14.5 Å². The second-order valence-electron chi connectivity index (χ2n) is 16.5. The molecule has 1 spiro atoms. The van der Waals surface area contributed by atoms with Gasteiger partial charge in [-0.15, -0.1) is 0 Å². The van der Waals surface area contributed by atoms with Crippen molar-refractivity contribution in [2.75, 3.05) is 25.2 Å². The standard InChI is InChI=1S/C50H49N3O10/c1-30(2)40(46(57)61-3)51-49(60)52-38-26-21-32(20-19-31-13-7-4-8-14-31)29-37(38)50(48(52)59)39(45(55)56)42-47(58)63-43(34-17-11-6-12-18-34)41(33-15-9-5-10-16-33)53(42)44(50)35-22-24-36(25-23-35)62-28-27-54/h5-6,9-13,15-18,21-26,29-30,39-44,54H,4,7-8,14,27-28H2,1-3H3,(H,51,60)(H,55,56). The quantitative estimate of drug-likeness (QED) is 0.117. The molecule has 8 rings (SSSR count). The van der Waals surface area contributed by atoms with Crippen LogP contribution in [0.15, 0.2) is 115 Å². The number of nitrogens with one attached hydrogen (secondary N) is 1. The van der Waals surface area contributed by atoms with E-state index in [1.165, 1.54) is 7.11 Å². The molecule has 324 valence electrons. The van der Waals surface area contributed by atoms with Crippen molar-refractivity contribution in [3.63, 3.8) is 0 Å². The number of carbonyl (C=O) groups is 5. The molecule has 4 aromatic carbocycles. The molecule has 3 amide bonds. The molecular weight excluding hydrogens is 803 g/mol.